The van der Waals surface area contributed by atoms with Crippen molar-refractivity contribution in [1.82, 2.24) is 9.88 Å². The molecule has 1 fully saturated rings. The monoisotopic (exact) mass is 294 g/mol. The summed E-state index contributed by atoms with van der Waals surface area (Å²) in [6.07, 6.45) is 1.00. The molecule has 0 bridgehead atoms. The zero-order valence-corrected chi connectivity index (χ0v) is 12.7. The van der Waals surface area contributed by atoms with Crippen molar-refractivity contribution < 1.29 is 10.0 Å². The number of aromatic nitrogens is 1. The lowest BCUT2D eigenvalue weighted by molar-refractivity contribution is -0.385. The maximum absolute atomic E-state index is 10.8. The van der Waals surface area contributed by atoms with Gasteiger partial charge in [-0.1, -0.05) is 0 Å². The Morgan fingerprint density at radius 1 is 1.57 bits per heavy atom. The van der Waals surface area contributed by atoms with E-state index in [4.69, 9.17) is 0 Å². The first kappa shape index (κ1) is 15.7. The van der Waals surface area contributed by atoms with Gasteiger partial charge in [-0.05, 0) is 26.8 Å². The van der Waals surface area contributed by atoms with Gasteiger partial charge in [-0.2, -0.15) is 0 Å². The van der Waals surface area contributed by atoms with Crippen molar-refractivity contribution in [3.8, 4) is 0 Å². The molecule has 0 amide bonds. The van der Waals surface area contributed by atoms with Crippen molar-refractivity contribution in [2.24, 2.45) is 0 Å². The lowest BCUT2D eigenvalue weighted by Crippen LogP contribution is -2.53. The van der Waals surface area contributed by atoms with Gasteiger partial charge in [-0.25, -0.2) is 4.98 Å². The topological polar surface area (TPSA) is 82.7 Å². The number of aliphatic hydroxyl groups is 1. The maximum atomic E-state index is 10.8. The van der Waals surface area contributed by atoms with Gasteiger partial charge in [-0.3, -0.25) is 15.0 Å². The van der Waals surface area contributed by atoms with E-state index < -0.39 is 4.92 Å². The van der Waals surface area contributed by atoms with Crippen molar-refractivity contribution in [1.29, 1.82) is 0 Å². The van der Waals surface area contributed by atoms with Crippen LogP contribution in [0.5, 0.6) is 0 Å². The fourth-order valence-corrected chi connectivity index (χ4v) is 2.80. The minimum atomic E-state index is -0.407. The molecule has 0 unspecified atom stereocenters. The summed E-state index contributed by atoms with van der Waals surface area (Å²) in [4.78, 5) is 19.1. The predicted molar refractivity (Wildman–Crippen MR) is 80.6 cm³/mol. The smallest absolute Gasteiger partial charge is 0.290 e. The Morgan fingerprint density at radius 2 is 2.29 bits per heavy atom. The fourth-order valence-electron chi connectivity index (χ4n) is 2.80. The van der Waals surface area contributed by atoms with Gasteiger partial charge >= 0.3 is 0 Å². The van der Waals surface area contributed by atoms with Crippen molar-refractivity contribution in [3.05, 3.63) is 27.9 Å². The van der Waals surface area contributed by atoms with Crippen molar-refractivity contribution in [3.63, 3.8) is 0 Å². The van der Waals surface area contributed by atoms with Crippen LogP contribution >= 0.6 is 0 Å². The van der Waals surface area contributed by atoms with Crippen molar-refractivity contribution >= 4 is 11.5 Å². The van der Waals surface area contributed by atoms with Crippen LogP contribution in [0.3, 0.4) is 0 Å². The molecular weight excluding hydrogens is 272 g/mol. The maximum Gasteiger partial charge on any atom is 0.290 e. The number of aryl methyl sites for hydroxylation is 1. The average molecular weight is 294 g/mol. The molecule has 0 spiro atoms. The van der Waals surface area contributed by atoms with Gasteiger partial charge in [0.05, 0.1) is 11.0 Å². The summed E-state index contributed by atoms with van der Waals surface area (Å²) in [5, 5.41) is 20.3. The lowest BCUT2D eigenvalue weighted by atomic mass is 10.1. The molecule has 21 heavy (non-hydrogen) atoms. The van der Waals surface area contributed by atoms with E-state index in [0.717, 1.165) is 25.5 Å². The van der Waals surface area contributed by atoms with E-state index in [1.165, 1.54) is 6.20 Å². The first-order valence-corrected chi connectivity index (χ1v) is 7.16. The van der Waals surface area contributed by atoms with Crippen molar-refractivity contribution in [2.45, 2.75) is 32.9 Å². The Labute approximate surface area is 124 Å². The number of pyridine rings is 1. The third-order valence-corrected chi connectivity index (χ3v) is 3.79. The Kier molecular flexibility index (Phi) is 4.74. The third kappa shape index (κ3) is 3.68. The first-order valence-electron chi connectivity index (χ1n) is 7.16. The van der Waals surface area contributed by atoms with Crippen LogP contribution in [0.1, 0.15) is 19.4 Å². The molecule has 116 valence electrons. The molecule has 7 nitrogen and oxygen atoms in total. The molecule has 2 rings (SSSR count). The standard InChI is InChI=1S/C14H22N4O3/c1-10-6-14(15-7-13(10)18(20)21)17-5-4-16(8-11(17)2)9-12(3)19/h6-7,11-12,19H,4-5,8-9H2,1-3H3/t11-,12-/m0/s1. The lowest BCUT2D eigenvalue weighted by Gasteiger charge is -2.41. The van der Waals surface area contributed by atoms with Crippen LogP contribution < -0.4 is 4.90 Å². The number of piperazine rings is 1. The number of nitrogens with zero attached hydrogens (tertiary/aromatic N) is 4. The van der Waals surface area contributed by atoms with E-state index >= 15 is 0 Å². The van der Waals surface area contributed by atoms with Crippen LogP contribution in [0.4, 0.5) is 11.5 Å². The van der Waals surface area contributed by atoms with Gasteiger partial charge in [0.25, 0.3) is 5.69 Å². The molecular formula is C14H22N4O3. The highest BCUT2D eigenvalue weighted by atomic mass is 16.6. The van der Waals surface area contributed by atoms with Gasteiger partial charge < -0.3 is 10.0 Å². The summed E-state index contributed by atoms with van der Waals surface area (Å²) in [6.45, 7) is 8.81. The largest absolute Gasteiger partial charge is 0.392 e. The second kappa shape index (κ2) is 6.36. The molecule has 1 aliphatic heterocycles. The van der Waals surface area contributed by atoms with E-state index in [1.807, 2.05) is 0 Å². The molecule has 7 heteroatoms. The molecule has 1 saturated heterocycles. The Bertz CT molecular complexity index is 521. The van der Waals surface area contributed by atoms with E-state index in [0.29, 0.717) is 12.1 Å². The van der Waals surface area contributed by atoms with Crippen LogP contribution in [0.2, 0.25) is 0 Å². The van der Waals surface area contributed by atoms with Gasteiger partial charge in [-0.15, -0.1) is 0 Å². The number of aliphatic hydroxyl groups excluding tert-OH is 1. The normalized spacial score (nSPS) is 21.3. The van der Waals surface area contributed by atoms with E-state index in [2.05, 4.69) is 21.7 Å². The summed E-state index contributed by atoms with van der Waals surface area (Å²) in [6, 6.07) is 2.03. The zero-order valence-electron chi connectivity index (χ0n) is 12.7. The van der Waals surface area contributed by atoms with E-state index in [-0.39, 0.29) is 17.8 Å². The number of nitro groups is 1. The molecule has 2 heterocycles. The summed E-state index contributed by atoms with van der Waals surface area (Å²) in [5.74, 6) is 0.780. The molecule has 1 N–H and O–H groups in total. The fraction of sp³-hybridized carbons (Fsp3) is 0.643. The zero-order chi connectivity index (χ0) is 15.6. The molecule has 0 aliphatic carbocycles. The molecule has 0 aromatic carbocycles. The highest BCUT2D eigenvalue weighted by Gasteiger charge is 2.26. The first-order chi connectivity index (χ1) is 9.88. The van der Waals surface area contributed by atoms with Crippen LogP contribution in [-0.2, 0) is 0 Å². The molecule has 0 saturated carbocycles. The molecule has 2 atom stereocenters. The average Bonchev–Trinajstić information content (AvgIpc) is 2.37. The predicted octanol–water partition coefficient (Wildman–Crippen LogP) is 1.19. The number of hydrogen-bond donors (Lipinski definition) is 1. The van der Waals surface area contributed by atoms with Crippen LogP contribution in [0.25, 0.3) is 0 Å². The van der Waals surface area contributed by atoms with Gasteiger partial charge in [0, 0.05) is 37.8 Å². The molecule has 1 aromatic heterocycles. The van der Waals surface area contributed by atoms with Crippen LogP contribution in [-0.4, -0.2) is 58.2 Å². The highest BCUT2D eigenvalue weighted by molar-refractivity contribution is 5.49. The van der Waals surface area contributed by atoms with Crippen LogP contribution in [0, 0.1) is 17.0 Å². The quantitative estimate of drug-likeness (QED) is 0.663. The summed E-state index contributed by atoms with van der Waals surface area (Å²) in [5.41, 5.74) is 0.683. The van der Waals surface area contributed by atoms with Crippen LogP contribution in [0.15, 0.2) is 12.3 Å². The molecule has 1 aliphatic rings. The highest BCUT2D eigenvalue weighted by Crippen LogP contribution is 2.24. The minimum Gasteiger partial charge on any atom is -0.392 e. The van der Waals surface area contributed by atoms with Gasteiger partial charge in [0.2, 0.25) is 0 Å². The van der Waals surface area contributed by atoms with Gasteiger partial charge in [0.1, 0.15) is 12.0 Å². The second-order valence-corrected chi connectivity index (χ2v) is 5.74. The Hall–Kier alpha value is -1.73. The Morgan fingerprint density at radius 3 is 2.81 bits per heavy atom. The molecule has 1 aromatic rings. The number of anilines is 1. The number of hydrogen-bond acceptors (Lipinski definition) is 6. The summed E-state index contributed by atoms with van der Waals surface area (Å²) < 4.78 is 0. The van der Waals surface area contributed by atoms with Gasteiger partial charge in [0.15, 0.2) is 0 Å². The van der Waals surface area contributed by atoms with Crippen molar-refractivity contribution in [2.75, 3.05) is 31.1 Å². The van der Waals surface area contributed by atoms with E-state index in [9.17, 15) is 15.2 Å². The van der Waals surface area contributed by atoms with E-state index in [1.54, 1.807) is 19.9 Å². The summed E-state index contributed by atoms with van der Waals surface area (Å²) in [7, 11) is 0. The molecule has 0 radical (unpaired) electrons. The second-order valence-electron chi connectivity index (χ2n) is 5.74. The minimum absolute atomic E-state index is 0.0548. The number of β-amino-alcohol motifs (C(OH)–C–C–N with tert-alkyl or cyclic N) is 1. The third-order valence-electron chi connectivity index (χ3n) is 3.79. The summed E-state index contributed by atoms with van der Waals surface area (Å²) >= 11 is 0. The Balaban J connectivity index is 2.09. The number of rotatable bonds is 4. The SMILES string of the molecule is Cc1cc(N2CCN(C[C@H](C)O)C[C@@H]2C)ncc1[N+](=O)[O-].